The van der Waals surface area contributed by atoms with Crippen molar-refractivity contribution in [3.05, 3.63) is 34.9 Å². The predicted octanol–water partition coefficient (Wildman–Crippen LogP) is 3.42. The molecule has 2 aliphatic rings. The number of carboxylic acid groups (broad SMARTS) is 1. The van der Waals surface area contributed by atoms with Gasteiger partial charge in [0.25, 0.3) is 0 Å². The Morgan fingerprint density at radius 1 is 1.30 bits per heavy atom. The minimum absolute atomic E-state index is 0.0398. The molecule has 4 atom stereocenters. The molecule has 3 nitrogen and oxygen atoms in total. The summed E-state index contributed by atoms with van der Waals surface area (Å²) in [6.45, 7) is 3.71. The molecule has 1 saturated heterocycles. The smallest absolute Gasteiger partial charge is 0.393 e. The van der Waals surface area contributed by atoms with Crippen molar-refractivity contribution in [2.45, 2.75) is 32.5 Å². The highest BCUT2D eigenvalue weighted by Crippen LogP contribution is 2.46. The minimum atomic E-state index is -4.48. The van der Waals surface area contributed by atoms with Crippen LogP contribution in [0.15, 0.2) is 18.2 Å². The van der Waals surface area contributed by atoms with Gasteiger partial charge in [0.2, 0.25) is 0 Å². The first kappa shape index (κ1) is 16.3. The number of halogens is 3. The molecule has 1 fully saturated rings. The molecule has 126 valence electrons. The molecule has 0 spiro atoms. The molecule has 1 aromatic rings. The Kier molecular flexibility index (Phi) is 3.91. The van der Waals surface area contributed by atoms with Crippen molar-refractivity contribution in [2.75, 3.05) is 13.1 Å². The van der Waals surface area contributed by atoms with Crippen molar-refractivity contribution in [3.63, 3.8) is 0 Å². The predicted molar refractivity (Wildman–Crippen MR) is 79.0 cm³/mol. The summed E-state index contributed by atoms with van der Waals surface area (Å²) in [5.41, 5.74) is 3.30. The summed E-state index contributed by atoms with van der Waals surface area (Å²) in [5.74, 6) is -4.34. The van der Waals surface area contributed by atoms with E-state index in [0.717, 1.165) is 23.1 Å². The van der Waals surface area contributed by atoms with Crippen LogP contribution in [0.5, 0.6) is 0 Å². The van der Waals surface area contributed by atoms with E-state index in [1.54, 1.807) is 4.90 Å². The number of carbonyl (C=O) groups is 1. The number of nitrogens with zero attached hydrogens (tertiary/aromatic N) is 1. The maximum Gasteiger partial charge on any atom is 0.393 e. The summed E-state index contributed by atoms with van der Waals surface area (Å²) in [6.07, 6.45) is -3.65. The molecule has 1 N–H and O–H groups in total. The summed E-state index contributed by atoms with van der Waals surface area (Å²) in [4.78, 5) is 13.0. The van der Waals surface area contributed by atoms with Gasteiger partial charge in [-0.1, -0.05) is 30.7 Å². The van der Waals surface area contributed by atoms with Gasteiger partial charge in [-0.15, -0.1) is 0 Å². The SMILES string of the molecule is Cc1ccc2c(c1)C(N1C[C@@H](C(F)(F)F)[C@H](C(=O)O)C1)C(C)C2. The molecular formula is C17H20F3NO2. The fraction of sp³-hybridized carbons (Fsp3) is 0.588. The molecule has 0 radical (unpaired) electrons. The van der Waals surface area contributed by atoms with E-state index in [9.17, 15) is 23.1 Å². The lowest BCUT2D eigenvalue weighted by atomic mass is 9.96. The Balaban J connectivity index is 1.92. The molecule has 0 saturated carbocycles. The van der Waals surface area contributed by atoms with Crippen molar-refractivity contribution in [1.82, 2.24) is 4.90 Å². The molecule has 0 amide bonds. The van der Waals surface area contributed by atoms with Crippen molar-refractivity contribution >= 4 is 5.97 Å². The van der Waals surface area contributed by atoms with E-state index in [-0.39, 0.29) is 25.0 Å². The van der Waals surface area contributed by atoms with Gasteiger partial charge in [-0.05, 0) is 30.4 Å². The van der Waals surface area contributed by atoms with Gasteiger partial charge in [0.05, 0.1) is 11.8 Å². The number of aliphatic carboxylic acids is 1. The molecule has 1 aromatic carbocycles. The molecule has 1 aliphatic heterocycles. The summed E-state index contributed by atoms with van der Waals surface area (Å²) in [7, 11) is 0. The number of aryl methyl sites for hydroxylation is 1. The van der Waals surface area contributed by atoms with Crippen LogP contribution in [0.25, 0.3) is 0 Å². The highest BCUT2D eigenvalue weighted by atomic mass is 19.4. The quantitative estimate of drug-likeness (QED) is 0.905. The second kappa shape index (κ2) is 5.51. The van der Waals surface area contributed by atoms with Crippen LogP contribution in [0.3, 0.4) is 0 Å². The number of likely N-dealkylation sites (tertiary alicyclic amines) is 1. The van der Waals surface area contributed by atoms with Gasteiger partial charge in [-0.25, -0.2) is 0 Å². The van der Waals surface area contributed by atoms with Crippen LogP contribution in [-0.4, -0.2) is 35.2 Å². The molecule has 23 heavy (non-hydrogen) atoms. The topological polar surface area (TPSA) is 40.5 Å². The molecule has 0 aromatic heterocycles. The number of rotatable bonds is 2. The second-order valence-electron chi connectivity index (χ2n) is 6.88. The van der Waals surface area contributed by atoms with Crippen molar-refractivity contribution in [3.8, 4) is 0 Å². The zero-order valence-electron chi connectivity index (χ0n) is 13.1. The zero-order chi connectivity index (χ0) is 16.9. The van der Waals surface area contributed by atoms with E-state index in [1.807, 2.05) is 32.0 Å². The van der Waals surface area contributed by atoms with Crippen LogP contribution in [0.4, 0.5) is 13.2 Å². The number of alkyl halides is 3. The lowest BCUT2D eigenvalue weighted by molar-refractivity contribution is -0.188. The lowest BCUT2D eigenvalue weighted by Gasteiger charge is -2.29. The van der Waals surface area contributed by atoms with Crippen LogP contribution < -0.4 is 0 Å². The number of fused-ring (bicyclic) bond motifs is 1. The fourth-order valence-electron chi connectivity index (χ4n) is 4.14. The van der Waals surface area contributed by atoms with Gasteiger partial charge in [0.15, 0.2) is 0 Å². The standard InChI is InChI=1S/C17H20F3NO2/c1-9-3-4-11-6-10(2)15(12(11)5-9)21-7-13(16(22)23)14(8-21)17(18,19)20/h3-5,10,13-15H,6-8H2,1-2H3,(H,22,23)/t10?,13-,14-,15?/m1/s1. The van der Waals surface area contributed by atoms with E-state index >= 15 is 0 Å². The third kappa shape index (κ3) is 2.84. The zero-order valence-corrected chi connectivity index (χ0v) is 13.1. The van der Waals surface area contributed by atoms with Crippen LogP contribution >= 0.6 is 0 Å². The average molecular weight is 327 g/mol. The van der Waals surface area contributed by atoms with E-state index in [4.69, 9.17) is 0 Å². The van der Waals surface area contributed by atoms with E-state index in [2.05, 4.69) is 0 Å². The maximum atomic E-state index is 13.2. The van der Waals surface area contributed by atoms with Crippen LogP contribution in [0.1, 0.15) is 29.7 Å². The molecular weight excluding hydrogens is 307 g/mol. The first-order valence-electron chi connectivity index (χ1n) is 7.81. The van der Waals surface area contributed by atoms with Crippen molar-refractivity contribution < 1.29 is 23.1 Å². The largest absolute Gasteiger partial charge is 0.481 e. The molecule has 6 heteroatoms. The van der Waals surface area contributed by atoms with E-state index < -0.39 is 24.0 Å². The number of hydrogen-bond donors (Lipinski definition) is 1. The normalized spacial score (nSPS) is 31.3. The van der Waals surface area contributed by atoms with Gasteiger partial charge < -0.3 is 5.11 Å². The summed E-state index contributed by atoms with van der Waals surface area (Å²) < 4.78 is 39.6. The van der Waals surface area contributed by atoms with Gasteiger partial charge in [-0.3, -0.25) is 9.69 Å². The Labute approximate surface area is 133 Å². The maximum absolute atomic E-state index is 13.2. The van der Waals surface area contributed by atoms with Crippen LogP contribution in [0, 0.1) is 24.7 Å². The van der Waals surface area contributed by atoms with Crippen LogP contribution in [0.2, 0.25) is 0 Å². The Morgan fingerprint density at radius 3 is 2.57 bits per heavy atom. The van der Waals surface area contributed by atoms with E-state index in [0.29, 0.717) is 0 Å². The van der Waals surface area contributed by atoms with Gasteiger partial charge >= 0.3 is 12.1 Å². The van der Waals surface area contributed by atoms with Gasteiger partial charge in [0.1, 0.15) is 0 Å². The number of hydrogen-bond acceptors (Lipinski definition) is 2. The monoisotopic (exact) mass is 327 g/mol. The van der Waals surface area contributed by atoms with Crippen LogP contribution in [-0.2, 0) is 11.2 Å². The average Bonchev–Trinajstić information content (AvgIpc) is 2.98. The summed E-state index contributed by atoms with van der Waals surface area (Å²) in [6, 6.07) is 5.95. The molecule has 1 aliphatic carbocycles. The Bertz CT molecular complexity index is 629. The Hall–Kier alpha value is -1.56. The fourth-order valence-corrected chi connectivity index (χ4v) is 4.14. The first-order valence-corrected chi connectivity index (χ1v) is 7.81. The van der Waals surface area contributed by atoms with E-state index in [1.165, 1.54) is 0 Å². The third-order valence-corrected chi connectivity index (χ3v) is 5.18. The van der Waals surface area contributed by atoms with Crippen molar-refractivity contribution in [2.24, 2.45) is 17.8 Å². The van der Waals surface area contributed by atoms with Crippen molar-refractivity contribution in [1.29, 1.82) is 0 Å². The molecule has 3 rings (SSSR count). The number of carboxylic acids is 1. The first-order chi connectivity index (χ1) is 10.7. The summed E-state index contributed by atoms with van der Waals surface area (Å²) >= 11 is 0. The van der Waals surface area contributed by atoms with Gasteiger partial charge in [-0.2, -0.15) is 13.2 Å². The number of benzene rings is 1. The molecule has 2 unspecified atom stereocenters. The van der Waals surface area contributed by atoms with Gasteiger partial charge in [0, 0.05) is 19.1 Å². The molecule has 1 heterocycles. The molecule has 0 bridgehead atoms. The summed E-state index contributed by atoms with van der Waals surface area (Å²) in [5, 5.41) is 9.19. The Morgan fingerprint density at radius 2 is 2.00 bits per heavy atom. The lowest BCUT2D eigenvalue weighted by Crippen LogP contribution is -2.34. The minimum Gasteiger partial charge on any atom is -0.481 e. The highest BCUT2D eigenvalue weighted by molar-refractivity contribution is 5.71. The third-order valence-electron chi connectivity index (χ3n) is 5.18. The second-order valence-corrected chi connectivity index (χ2v) is 6.88. The highest BCUT2D eigenvalue weighted by Gasteiger charge is 2.54.